The highest BCUT2D eigenvalue weighted by atomic mass is 19.3. The number of benzene rings is 1. The summed E-state index contributed by atoms with van der Waals surface area (Å²) in [6.07, 6.45) is 2.83. The van der Waals surface area contributed by atoms with E-state index in [0.717, 1.165) is 18.4 Å². The van der Waals surface area contributed by atoms with Crippen molar-refractivity contribution in [3.63, 3.8) is 0 Å². The molecule has 7 heteroatoms. The van der Waals surface area contributed by atoms with Gasteiger partial charge in [-0.15, -0.1) is 5.10 Å². The molecule has 0 N–H and O–H groups in total. The maximum absolute atomic E-state index is 15.1. The monoisotopic (exact) mass is 349 g/mol. The van der Waals surface area contributed by atoms with Crippen LogP contribution in [0.3, 0.4) is 0 Å². The number of esters is 1. The van der Waals surface area contributed by atoms with Crippen molar-refractivity contribution in [2.24, 2.45) is 13.0 Å². The normalized spacial score (nSPS) is 19.6. The van der Waals surface area contributed by atoms with Gasteiger partial charge in [-0.2, -0.15) is 8.78 Å². The van der Waals surface area contributed by atoms with Gasteiger partial charge < -0.3 is 4.74 Å². The van der Waals surface area contributed by atoms with Crippen molar-refractivity contribution in [3.8, 4) is 0 Å². The van der Waals surface area contributed by atoms with Gasteiger partial charge >= 0.3 is 5.97 Å². The van der Waals surface area contributed by atoms with Gasteiger partial charge in [-0.1, -0.05) is 23.8 Å². The molecular weight excluding hydrogens is 328 g/mol. The number of carbonyl (C=O) groups excluding carboxylic acids is 1. The van der Waals surface area contributed by atoms with Crippen LogP contribution in [0.25, 0.3) is 0 Å². The molecule has 1 atom stereocenters. The third-order valence-corrected chi connectivity index (χ3v) is 4.84. The fourth-order valence-electron chi connectivity index (χ4n) is 3.38. The lowest BCUT2D eigenvalue weighted by molar-refractivity contribution is -0.0751. The Hall–Kier alpha value is -2.31. The zero-order valence-corrected chi connectivity index (χ0v) is 14.3. The zero-order chi connectivity index (χ0) is 18.0. The Bertz CT molecular complexity index is 756. The van der Waals surface area contributed by atoms with Gasteiger partial charge in [0.05, 0.1) is 18.4 Å². The highest BCUT2D eigenvalue weighted by Gasteiger charge is 2.46. The summed E-state index contributed by atoms with van der Waals surface area (Å²) in [6, 6.07) is 6.63. The molecule has 0 saturated heterocycles. The molecule has 1 unspecified atom stereocenters. The summed E-state index contributed by atoms with van der Waals surface area (Å²) in [5.41, 5.74) is 1.51. The predicted octanol–water partition coefficient (Wildman–Crippen LogP) is 3.28. The number of hydrogen-bond donors (Lipinski definition) is 0. The number of halogens is 2. The zero-order valence-electron chi connectivity index (χ0n) is 14.3. The van der Waals surface area contributed by atoms with Crippen LogP contribution in [-0.4, -0.2) is 28.1 Å². The SMILES string of the molecule is COC(=O)c1ccc(CC2CCCCc3c(nnn3C)C2(F)F)cc1. The third kappa shape index (κ3) is 3.41. The van der Waals surface area contributed by atoms with Crippen molar-refractivity contribution in [2.75, 3.05) is 7.11 Å². The van der Waals surface area contributed by atoms with Crippen molar-refractivity contribution in [1.29, 1.82) is 0 Å². The third-order valence-electron chi connectivity index (χ3n) is 4.84. The highest BCUT2D eigenvalue weighted by molar-refractivity contribution is 5.89. The number of nitrogens with zero attached hydrogens (tertiary/aromatic N) is 3. The van der Waals surface area contributed by atoms with Crippen LogP contribution in [-0.2, 0) is 30.5 Å². The van der Waals surface area contributed by atoms with Crippen LogP contribution in [0, 0.1) is 5.92 Å². The molecular formula is C18H21F2N3O2. The summed E-state index contributed by atoms with van der Waals surface area (Å²) in [4.78, 5) is 11.5. The largest absolute Gasteiger partial charge is 0.465 e. The minimum atomic E-state index is -3.02. The van der Waals surface area contributed by atoms with E-state index in [1.54, 1.807) is 31.3 Å². The van der Waals surface area contributed by atoms with Gasteiger partial charge in [-0.25, -0.2) is 4.79 Å². The average molecular weight is 349 g/mol. The predicted molar refractivity (Wildman–Crippen MR) is 87.4 cm³/mol. The molecule has 5 nitrogen and oxygen atoms in total. The Balaban J connectivity index is 1.85. The number of alkyl halides is 2. The van der Waals surface area contributed by atoms with Crippen molar-refractivity contribution < 1.29 is 18.3 Å². The first kappa shape index (κ1) is 17.5. The van der Waals surface area contributed by atoms with E-state index in [1.807, 2.05) is 0 Å². The molecule has 1 heterocycles. The van der Waals surface area contributed by atoms with Crippen molar-refractivity contribution in [2.45, 2.75) is 38.0 Å². The second-order valence-corrected chi connectivity index (χ2v) is 6.47. The van der Waals surface area contributed by atoms with E-state index in [-0.39, 0.29) is 12.1 Å². The first-order chi connectivity index (χ1) is 11.9. The molecule has 0 fully saturated rings. The van der Waals surface area contributed by atoms with E-state index < -0.39 is 17.8 Å². The Kier molecular flexibility index (Phi) is 4.83. The summed E-state index contributed by atoms with van der Waals surface area (Å²) in [5.74, 6) is -4.30. The van der Waals surface area contributed by atoms with Gasteiger partial charge in [0.15, 0.2) is 5.69 Å². The number of ether oxygens (including phenoxy) is 1. The van der Waals surface area contributed by atoms with E-state index in [0.29, 0.717) is 24.1 Å². The first-order valence-corrected chi connectivity index (χ1v) is 8.37. The van der Waals surface area contributed by atoms with Crippen LogP contribution in [0.15, 0.2) is 24.3 Å². The molecule has 2 aromatic rings. The number of rotatable bonds is 3. The number of carbonyl (C=O) groups is 1. The van der Waals surface area contributed by atoms with Gasteiger partial charge in [0, 0.05) is 13.0 Å². The lowest BCUT2D eigenvalue weighted by Gasteiger charge is -2.28. The van der Waals surface area contributed by atoms with Crippen molar-refractivity contribution in [3.05, 3.63) is 46.8 Å². The Morgan fingerprint density at radius 2 is 2.04 bits per heavy atom. The molecule has 1 aromatic carbocycles. The molecule has 134 valence electrons. The van der Waals surface area contributed by atoms with Crippen LogP contribution in [0.1, 0.15) is 46.6 Å². The van der Waals surface area contributed by atoms with E-state index in [9.17, 15) is 4.79 Å². The maximum Gasteiger partial charge on any atom is 0.337 e. The molecule has 0 spiro atoms. The van der Waals surface area contributed by atoms with Crippen molar-refractivity contribution in [1.82, 2.24) is 15.0 Å². The lowest BCUT2D eigenvalue weighted by atomic mass is 9.84. The highest BCUT2D eigenvalue weighted by Crippen LogP contribution is 2.42. The van der Waals surface area contributed by atoms with Gasteiger partial charge in [0.25, 0.3) is 5.92 Å². The summed E-state index contributed by atoms with van der Waals surface area (Å²) >= 11 is 0. The van der Waals surface area contributed by atoms with E-state index in [2.05, 4.69) is 15.0 Å². The summed E-state index contributed by atoms with van der Waals surface area (Å²) in [5, 5.41) is 7.55. The lowest BCUT2D eigenvalue weighted by Crippen LogP contribution is -2.31. The van der Waals surface area contributed by atoms with Crippen LogP contribution in [0.4, 0.5) is 8.78 Å². The summed E-state index contributed by atoms with van der Waals surface area (Å²) < 4.78 is 36.3. The Morgan fingerprint density at radius 3 is 2.72 bits per heavy atom. The van der Waals surface area contributed by atoms with Gasteiger partial charge in [-0.05, 0) is 43.4 Å². The molecule has 1 aromatic heterocycles. The van der Waals surface area contributed by atoms with Crippen LogP contribution < -0.4 is 0 Å². The fraction of sp³-hybridized carbons (Fsp3) is 0.500. The second-order valence-electron chi connectivity index (χ2n) is 6.47. The molecule has 0 bridgehead atoms. The molecule has 1 aliphatic carbocycles. The Labute approximate surface area is 145 Å². The summed E-state index contributed by atoms with van der Waals surface area (Å²) in [7, 11) is 2.97. The van der Waals surface area contributed by atoms with Crippen LogP contribution in [0.2, 0.25) is 0 Å². The summed E-state index contributed by atoms with van der Waals surface area (Å²) in [6.45, 7) is 0. The number of aryl methyl sites for hydroxylation is 1. The smallest absolute Gasteiger partial charge is 0.337 e. The number of methoxy groups -OCH3 is 1. The first-order valence-electron chi connectivity index (χ1n) is 8.37. The molecule has 0 saturated carbocycles. The van der Waals surface area contributed by atoms with Gasteiger partial charge in [0.2, 0.25) is 0 Å². The van der Waals surface area contributed by atoms with E-state index in [1.165, 1.54) is 11.8 Å². The number of fused-ring (bicyclic) bond motifs is 1. The number of aromatic nitrogens is 3. The maximum atomic E-state index is 15.1. The van der Waals surface area contributed by atoms with Crippen LogP contribution >= 0.6 is 0 Å². The van der Waals surface area contributed by atoms with Gasteiger partial charge in [0.1, 0.15) is 0 Å². The minimum absolute atomic E-state index is 0.189. The van der Waals surface area contributed by atoms with Gasteiger partial charge in [-0.3, -0.25) is 4.68 Å². The minimum Gasteiger partial charge on any atom is -0.465 e. The molecule has 0 aliphatic heterocycles. The quantitative estimate of drug-likeness (QED) is 0.798. The van der Waals surface area contributed by atoms with E-state index in [4.69, 9.17) is 0 Å². The number of hydrogen-bond acceptors (Lipinski definition) is 4. The standard InChI is InChI=1S/C18H21F2N3O2/c1-23-15-6-4-3-5-14(18(19,20)16(15)21-22-23)11-12-7-9-13(10-8-12)17(24)25-2/h7-10,14H,3-6,11H2,1-2H3. The van der Waals surface area contributed by atoms with Crippen molar-refractivity contribution >= 4 is 5.97 Å². The molecule has 25 heavy (non-hydrogen) atoms. The van der Waals surface area contributed by atoms with Crippen LogP contribution in [0.5, 0.6) is 0 Å². The molecule has 0 radical (unpaired) electrons. The molecule has 1 aliphatic rings. The topological polar surface area (TPSA) is 57.0 Å². The fourth-order valence-corrected chi connectivity index (χ4v) is 3.38. The Morgan fingerprint density at radius 1 is 1.32 bits per heavy atom. The molecule has 3 rings (SSSR count). The second kappa shape index (κ2) is 6.90. The average Bonchev–Trinajstić information content (AvgIpc) is 2.97. The van der Waals surface area contributed by atoms with E-state index >= 15 is 8.78 Å². The molecule has 0 amide bonds.